The van der Waals surface area contributed by atoms with Crippen LogP contribution in [-0.4, -0.2) is 54.7 Å². The Labute approximate surface area is 128 Å². The van der Waals surface area contributed by atoms with E-state index < -0.39 is 0 Å². The molecular weight excluding hydrogens is 260 g/mol. The molecule has 1 aliphatic rings. The van der Waals surface area contributed by atoms with Crippen molar-refractivity contribution in [3.63, 3.8) is 0 Å². The first kappa shape index (κ1) is 16.0. The monoisotopic (exact) mass is 286 g/mol. The van der Waals surface area contributed by atoms with Gasteiger partial charge in [-0.3, -0.25) is 0 Å². The van der Waals surface area contributed by atoms with E-state index in [-0.39, 0.29) is 6.61 Å². The molecule has 0 atom stereocenters. The van der Waals surface area contributed by atoms with E-state index in [9.17, 15) is 0 Å². The molecule has 1 fully saturated rings. The quantitative estimate of drug-likeness (QED) is 0.810. The van der Waals surface area contributed by atoms with Crippen molar-refractivity contribution in [3.05, 3.63) is 35.4 Å². The molecule has 1 aromatic carbocycles. The molecule has 1 heterocycles. The Kier molecular flexibility index (Phi) is 6.75. The summed E-state index contributed by atoms with van der Waals surface area (Å²) in [6.07, 6.45) is 3.26. The molecule has 0 bridgehead atoms. The van der Waals surface area contributed by atoms with Gasteiger partial charge in [-0.15, -0.1) is 0 Å². The van der Waals surface area contributed by atoms with Gasteiger partial charge in [0.15, 0.2) is 0 Å². The number of nitrogens with zero attached hydrogens (tertiary/aromatic N) is 2. The zero-order valence-electron chi connectivity index (χ0n) is 13.0. The van der Waals surface area contributed by atoms with E-state index in [1.807, 2.05) is 6.07 Å². The molecule has 3 heteroatoms. The van der Waals surface area contributed by atoms with Crippen LogP contribution in [0.4, 0.5) is 0 Å². The lowest BCUT2D eigenvalue weighted by Crippen LogP contribution is -2.31. The van der Waals surface area contributed by atoms with E-state index in [1.54, 1.807) is 0 Å². The number of likely N-dealkylation sites (tertiary alicyclic amines) is 1. The van der Waals surface area contributed by atoms with Crippen molar-refractivity contribution in [1.29, 1.82) is 0 Å². The van der Waals surface area contributed by atoms with Gasteiger partial charge in [0.1, 0.15) is 0 Å². The zero-order chi connectivity index (χ0) is 14.9. The maximum Gasteiger partial charge on any atom is 0.0540 e. The van der Waals surface area contributed by atoms with Gasteiger partial charge < -0.3 is 14.9 Å². The molecule has 1 aromatic rings. The molecule has 0 amide bonds. The lowest BCUT2D eigenvalue weighted by molar-refractivity contribution is 0.252. The third-order valence-corrected chi connectivity index (χ3v) is 3.85. The van der Waals surface area contributed by atoms with Crippen LogP contribution in [0.15, 0.2) is 24.3 Å². The van der Waals surface area contributed by atoms with Gasteiger partial charge in [0, 0.05) is 31.6 Å². The lowest BCUT2D eigenvalue weighted by atomic mass is 10.1. The number of likely N-dealkylation sites (N-methyl/N-ethyl adjacent to an activating group) is 1. The van der Waals surface area contributed by atoms with Gasteiger partial charge in [0.25, 0.3) is 0 Å². The molecule has 0 saturated carbocycles. The van der Waals surface area contributed by atoms with Crippen LogP contribution in [0.2, 0.25) is 0 Å². The summed E-state index contributed by atoms with van der Waals surface area (Å²) in [7, 11) is 2.18. The summed E-state index contributed by atoms with van der Waals surface area (Å²) in [5.74, 6) is 6.07. The molecule has 2 rings (SSSR count). The van der Waals surface area contributed by atoms with Gasteiger partial charge in [0.2, 0.25) is 0 Å². The molecule has 1 aliphatic heterocycles. The third kappa shape index (κ3) is 5.89. The van der Waals surface area contributed by atoms with Gasteiger partial charge in [-0.25, -0.2) is 0 Å². The summed E-state index contributed by atoms with van der Waals surface area (Å²) in [6.45, 7) is 5.91. The second-order valence-corrected chi connectivity index (χ2v) is 5.76. The average Bonchev–Trinajstić information content (AvgIpc) is 2.99. The molecule has 0 aromatic heterocycles. The molecule has 0 radical (unpaired) electrons. The number of rotatable bonds is 6. The molecule has 3 nitrogen and oxygen atoms in total. The predicted octanol–water partition coefficient (Wildman–Crippen LogP) is 1.95. The second-order valence-electron chi connectivity index (χ2n) is 5.76. The summed E-state index contributed by atoms with van der Waals surface area (Å²) in [5, 5.41) is 8.75. The van der Waals surface area contributed by atoms with Crippen LogP contribution in [0, 0.1) is 11.8 Å². The van der Waals surface area contributed by atoms with Crippen molar-refractivity contribution < 1.29 is 5.11 Å². The van der Waals surface area contributed by atoms with Crippen molar-refractivity contribution in [1.82, 2.24) is 9.80 Å². The molecule has 21 heavy (non-hydrogen) atoms. The Balaban J connectivity index is 1.81. The van der Waals surface area contributed by atoms with E-state index in [2.05, 4.69) is 46.9 Å². The standard InChI is InChI=1S/C18H26N2O/c1-19(12-13-20-10-3-4-11-20)16-18-9-6-8-17(15-18)7-2-5-14-21/h6,8-9,15,21H,3-5,10-14,16H2,1H3. The van der Waals surface area contributed by atoms with Crippen LogP contribution >= 0.6 is 0 Å². The molecule has 0 spiro atoms. The van der Waals surface area contributed by atoms with Crippen molar-refractivity contribution in [3.8, 4) is 11.8 Å². The van der Waals surface area contributed by atoms with Crippen molar-refractivity contribution in [2.24, 2.45) is 0 Å². The Bertz CT molecular complexity index is 483. The first-order valence-electron chi connectivity index (χ1n) is 7.87. The SMILES string of the molecule is CN(CCN1CCCC1)Cc1cccc(C#CCCO)c1. The van der Waals surface area contributed by atoms with E-state index in [1.165, 1.54) is 38.0 Å². The van der Waals surface area contributed by atoms with Crippen LogP contribution in [0.5, 0.6) is 0 Å². The Morgan fingerprint density at radius 1 is 1.29 bits per heavy atom. The van der Waals surface area contributed by atoms with E-state index >= 15 is 0 Å². The van der Waals surface area contributed by atoms with Crippen LogP contribution in [0.3, 0.4) is 0 Å². The fourth-order valence-corrected chi connectivity index (χ4v) is 2.68. The maximum absolute atomic E-state index is 8.75. The van der Waals surface area contributed by atoms with Gasteiger partial charge in [-0.2, -0.15) is 0 Å². The predicted molar refractivity (Wildman–Crippen MR) is 87.0 cm³/mol. The van der Waals surface area contributed by atoms with Crippen molar-refractivity contribution in [2.45, 2.75) is 25.8 Å². The highest BCUT2D eigenvalue weighted by Crippen LogP contribution is 2.09. The molecule has 0 unspecified atom stereocenters. The zero-order valence-corrected chi connectivity index (χ0v) is 13.0. The van der Waals surface area contributed by atoms with Gasteiger partial charge >= 0.3 is 0 Å². The van der Waals surface area contributed by atoms with Gasteiger partial charge in [-0.1, -0.05) is 24.0 Å². The number of hydrogen-bond acceptors (Lipinski definition) is 3. The largest absolute Gasteiger partial charge is 0.395 e. The summed E-state index contributed by atoms with van der Waals surface area (Å²) in [6, 6.07) is 8.39. The van der Waals surface area contributed by atoms with E-state index in [0.29, 0.717) is 6.42 Å². The minimum absolute atomic E-state index is 0.131. The summed E-state index contributed by atoms with van der Waals surface area (Å²) >= 11 is 0. The first-order valence-corrected chi connectivity index (χ1v) is 7.87. The van der Waals surface area contributed by atoms with Crippen LogP contribution in [0.1, 0.15) is 30.4 Å². The second kappa shape index (κ2) is 8.84. The van der Waals surface area contributed by atoms with Crippen molar-refractivity contribution in [2.75, 3.05) is 39.8 Å². The maximum atomic E-state index is 8.75. The molecular formula is C18H26N2O. The average molecular weight is 286 g/mol. The molecule has 1 N–H and O–H groups in total. The smallest absolute Gasteiger partial charge is 0.0540 e. The first-order chi connectivity index (χ1) is 10.3. The summed E-state index contributed by atoms with van der Waals surface area (Å²) < 4.78 is 0. The Hall–Kier alpha value is -1.34. The fraction of sp³-hybridized carbons (Fsp3) is 0.556. The molecule has 0 aliphatic carbocycles. The van der Waals surface area contributed by atoms with Crippen LogP contribution in [-0.2, 0) is 6.54 Å². The number of aliphatic hydroxyl groups is 1. The van der Waals surface area contributed by atoms with E-state index in [4.69, 9.17) is 5.11 Å². The van der Waals surface area contributed by atoms with Gasteiger partial charge in [0.05, 0.1) is 6.61 Å². The number of hydrogen-bond donors (Lipinski definition) is 1. The molecule has 114 valence electrons. The van der Waals surface area contributed by atoms with Crippen LogP contribution < -0.4 is 0 Å². The highest BCUT2D eigenvalue weighted by molar-refractivity contribution is 5.37. The topological polar surface area (TPSA) is 26.7 Å². The number of aliphatic hydroxyl groups excluding tert-OH is 1. The number of benzene rings is 1. The fourth-order valence-electron chi connectivity index (χ4n) is 2.68. The van der Waals surface area contributed by atoms with E-state index in [0.717, 1.165) is 18.7 Å². The molecule has 1 saturated heterocycles. The van der Waals surface area contributed by atoms with Crippen molar-refractivity contribution >= 4 is 0 Å². The lowest BCUT2D eigenvalue weighted by Gasteiger charge is -2.21. The highest BCUT2D eigenvalue weighted by atomic mass is 16.2. The van der Waals surface area contributed by atoms with Gasteiger partial charge in [-0.05, 0) is 50.7 Å². The summed E-state index contributed by atoms with van der Waals surface area (Å²) in [5.41, 5.74) is 2.34. The minimum atomic E-state index is 0.131. The Morgan fingerprint density at radius 2 is 2.10 bits per heavy atom. The van der Waals surface area contributed by atoms with Crippen LogP contribution in [0.25, 0.3) is 0 Å². The normalized spacial score (nSPS) is 15.2. The summed E-state index contributed by atoms with van der Waals surface area (Å²) in [4.78, 5) is 4.92. The minimum Gasteiger partial charge on any atom is -0.395 e. The highest BCUT2D eigenvalue weighted by Gasteiger charge is 2.11. The Morgan fingerprint density at radius 3 is 2.86 bits per heavy atom. The third-order valence-electron chi connectivity index (χ3n) is 3.85.